The fourth-order valence-electron chi connectivity index (χ4n) is 2.92. The van der Waals surface area contributed by atoms with Crippen LogP contribution in [0.25, 0.3) is 10.2 Å². The van der Waals surface area contributed by atoms with Gasteiger partial charge in [-0.25, -0.2) is 4.98 Å². The number of nitrogens with zero attached hydrogens (tertiary/aromatic N) is 3. The third-order valence-corrected chi connectivity index (χ3v) is 5.27. The van der Waals surface area contributed by atoms with Crippen molar-refractivity contribution in [3.63, 3.8) is 0 Å². The predicted octanol–water partition coefficient (Wildman–Crippen LogP) is 2.69. The van der Waals surface area contributed by atoms with Crippen LogP contribution < -0.4 is 4.90 Å². The monoisotopic (exact) mass is 311 g/mol. The van der Waals surface area contributed by atoms with Gasteiger partial charge in [-0.15, -0.1) is 0 Å². The minimum Gasteiger partial charge on any atom is -0.345 e. The Kier molecular flexibility index (Phi) is 3.42. The SMILES string of the molecule is O=C(C1C=CC=C1)N1CCN(c2nc3ccccc3s2)CC1. The molecule has 1 aromatic carbocycles. The molecular weight excluding hydrogens is 294 g/mol. The molecule has 0 atom stereocenters. The maximum atomic E-state index is 12.4. The summed E-state index contributed by atoms with van der Waals surface area (Å²) in [5, 5.41) is 1.06. The van der Waals surface area contributed by atoms with Crippen LogP contribution in [0.2, 0.25) is 0 Å². The summed E-state index contributed by atoms with van der Waals surface area (Å²) in [6.45, 7) is 3.25. The van der Waals surface area contributed by atoms with Crippen LogP contribution in [0, 0.1) is 5.92 Å². The second-order valence-corrected chi connectivity index (χ2v) is 6.58. The van der Waals surface area contributed by atoms with Gasteiger partial charge < -0.3 is 9.80 Å². The Morgan fingerprint density at radius 1 is 1.09 bits per heavy atom. The van der Waals surface area contributed by atoms with Crippen molar-refractivity contribution in [1.29, 1.82) is 0 Å². The number of benzene rings is 1. The first-order chi connectivity index (χ1) is 10.8. The second kappa shape index (κ2) is 5.57. The third kappa shape index (κ3) is 2.41. The van der Waals surface area contributed by atoms with E-state index in [4.69, 9.17) is 4.98 Å². The van der Waals surface area contributed by atoms with Crippen LogP contribution in [0.15, 0.2) is 48.6 Å². The largest absolute Gasteiger partial charge is 0.345 e. The van der Waals surface area contributed by atoms with Crippen LogP contribution in [0.3, 0.4) is 0 Å². The van der Waals surface area contributed by atoms with E-state index in [1.165, 1.54) is 4.70 Å². The summed E-state index contributed by atoms with van der Waals surface area (Å²) in [6.07, 6.45) is 7.81. The number of allylic oxidation sites excluding steroid dienone is 2. The topological polar surface area (TPSA) is 36.4 Å². The molecule has 0 unspecified atom stereocenters. The van der Waals surface area contributed by atoms with E-state index in [1.807, 2.05) is 47.4 Å². The number of hydrogen-bond acceptors (Lipinski definition) is 4. The van der Waals surface area contributed by atoms with Crippen molar-refractivity contribution < 1.29 is 4.79 Å². The van der Waals surface area contributed by atoms with E-state index in [0.29, 0.717) is 0 Å². The summed E-state index contributed by atoms with van der Waals surface area (Å²) in [4.78, 5) is 21.3. The quantitative estimate of drug-likeness (QED) is 0.855. The van der Waals surface area contributed by atoms with Crippen molar-refractivity contribution in [3.8, 4) is 0 Å². The van der Waals surface area contributed by atoms with Gasteiger partial charge in [0.2, 0.25) is 5.91 Å². The van der Waals surface area contributed by atoms with Crippen molar-refractivity contribution in [2.75, 3.05) is 31.1 Å². The van der Waals surface area contributed by atoms with Gasteiger partial charge in [-0.05, 0) is 12.1 Å². The summed E-state index contributed by atoms with van der Waals surface area (Å²) in [5.41, 5.74) is 1.06. The molecule has 5 heteroatoms. The minimum absolute atomic E-state index is 0.0611. The lowest BCUT2D eigenvalue weighted by Crippen LogP contribution is -2.50. The highest BCUT2D eigenvalue weighted by Gasteiger charge is 2.26. The Morgan fingerprint density at radius 2 is 1.82 bits per heavy atom. The molecule has 1 aliphatic carbocycles. The molecule has 2 aromatic rings. The molecule has 0 radical (unpaired) electrons. The fraction of sp³-hybridized carbons (Fsp3) is 0.294. The van der Waals surface area contributed by atoms with Gasteiger partial charge in [0.05, 0.1) is 16.1 Å². The molecular formula is C17H17N3OS. The average Bonchev–Trinajstić information content (AvgIpc) is 3.23. The van der Waals surface area contributed by atoms with Crippen molar-refractivity contribution in [1.82, 2.24) is 9.88 Å². The van der Waals surface area contributed by atoms with Gasteiger partial charge in [-0.1, -0.05) is 47.8 Å². The van der Waals surface area contributed by atoms with Crippen LogP contribution in [-0.2, 0) is 4.79 Å². The second-order valence-electron chi connectivity index (χ2n) is 5.57. The molecule has 1 fully saturated rings. The Balaban J connectivity index is 1.44. The molecule has 4 nitrogen and oxygen atoms in total. The van der Waals surface area contributed by atoms with E-state index < -0.39 is 0 Å². The number of carbonyl (C=O) groups is 1. The summed E-state index contributed by atoms with van der Waals surface area (Å²) in [5.74, 6) is 0.156. The molecule has 4 rings (SSSR count). The number of carbonyl (C=O) groups excluding carboxylic acids is 1. The van der Waals surface area contributed by atoms with Gasteiger partial charge in [-0.2, -0.15) is 0 Å². The van der Waals surface area contributed by atoms with E-state index in [2.05, 4.69) is 11.0 Å². The molecule has 0 saturated carbocycles. The van der Waals surface area contributed by atoms with Gasteiger partial charge in [0.15, 0.2) is 5.13 Å². The molecule has 1 amide bonds. The van der Waals surface area contributed by atoms with Gasteiger partial charge in [0, 0.05) is 26.2 Å². The molecule has 1 aliphatic heterocycles. The molecule has 22 heavy (non-hydrogen) atoms. The fourth-order valence-corrected chi connectivity index (χ4v) is 3.94. The maximum Gasteiger partial charge on any atom is 0.233 e. The van der Waals surface area contributed by atoms with E-state index in [9.17, 15) is 4.79 Å². The molecule has 0 N–H and O–H groups in total. The first kappa shape index (κ1) is 13.5. The molecule has 0 bridgehead atoms. The summed E-state index contributed by atoms with van der Waals surface area (Å²) < 4.78 is 1.22. The number of amides is 1. The van der Waals surface area contributed by atoms with Gasteiger partial charge in [-0.3, -0.25) is 4.79 Å². The van der Waals surface area contributed by atoms with E-state index in [0.717, 1.165) is 36.8 Å². The van der Waals surface area contributed by atoms with Crippen LogP contribution in [0.5, 0.6) is 0 Å². The lowest BCUT2D eigenvalue weighted by molar-refractivity contribution is -0.132. The van der Waals surface area contributed by atoms with E-state index in [-0.39, 0.29) is 11.8 Å². The molecule has 2 aliphatic rings. The highest BCUT2D eigenvalue weighted by atomic mass is 32.1. The summed E-state index contributed by atoms with van der Waals surface area (Å²) in [6, 6.07) is 8.22. The smallest absolute Gasteiger partial charge is 0.233 e. The minimum atomic E-state index is -0.0611. The molecule has 1 saturated heterocycles. The first-order valence-corrected chi connectivity index (χ1v) is 8.37. The Hall–Kier alpha value is -2.14. The number of fused-ring (bicyclic) bond motifs is 1. The molecule has 0 spiro atoms. The number of aromatic nitrogens is 1. The maximum absolute atomic E-state index is 12.4. The number of para-hydroxylation sites is 1. The Bertz CT molecular complexity index is 711. The van der Waals surface area contributed by atoms with Crippen molar-refractivity contribution in [3.05, 3.63) is 48.6 Å². The number of hydrogen-bond donors (Lipinski definition) is 0. The van der Waals surface area contributed by atoms with Gasteiger partial charge >= 0.3 is 0 Å². The van der Waals surface area contributed by atoms with E-state index in [1.54, 1.807) is 11.3 Å². The van der Waals surface area contributed by atoms with Crippen molar-refractivity contribution in [2.45, 2.75) is 0 Å². The number of rotatable bonds is 2. The zero-order valence-corrected chi connectivity index (χ0v) is 13.0. The van der Waals surface area contributed by atoms with Crippen molar-refractivity contribution >= 4 is 32.6 Å². The zero-order chi connectivity index (χ0) is 14.9. The summed E-state index contributed by atoms with van der Waals surface area (Å²) >= 11 is 1.73. The summed E-state index contributed by atoms with van der Waals surface area (Å²) in [7, 11) is 0. The van der Waals surface area contributed by atoms with Gasteiger partial charge in [0.25, 0.3) is 0 Å². The van der Waals surface area contributed by atoms with Gasteiger partial charge in [0.1, 0.15) is 0 Å². The zero-order valence-electron chi connectivity index (χ0n) is 12.2. The van der Waals surface area contributed by atoms with Crippen LogP contribution in [0.1, 0.15) is 0 Å². The Labute approximate surface area is 133 Å². The van der Waals surface area contributed by atoms with Crippen LogP contribution in [-0.4, -0.2) is 42.0 Å². The highest BCUT2D eigenvalue weighted by Crippen LogP contribution is 2.29. The number of anilines is 1. The Morgan fingerprint density at radius 3 is 2.55 bits per heavy atom. The first-order valence-electron chi connectivity index (χ1n) is 7.55. The van der Waals surface area contributed by atoms with Crippen molar-refractivity contribution in [2.24, 2.45) is 5.92 Å². The van der Waals surface area contributed by atoms with Crippen LogP contribution >= 0.6 is 11.3 Å². The normalized spacial score (nSPS) is 18.5. The standard InChI is InChI=1S/C17H17N3OS/c21-16(13-5-1-2-6-13)19-9-11-20(12-10-19)17-18-14-7-3-4-8-15(14)22-17/h1-8,13H,9-12H2. The molecule has 112 valence electrons. The lowest BCUT2D eigenvalue weighted by Gasteiger charge is -2.35. The highest BCUT2D eigenvalue weighted by molar-refractivity contribution is 7.22. The number of thiazole rings is 1. The molecule has 2 heterocycles. The number of piperazine rings is 1. The molecule has 1 aromatic heterocycles. The third-order valence-electron chi connectivity index (χ3n) is 4.18. The van der Waals surface area contributed by atoms with Crippen LogP contribution in [0.4, 0.5) is 5.13 Å². The van der Waals surface area contributed by atoms with E-state index >= 15 is 0 Å². The lowest BCUT2D eigenvalue weighted by atomic mass is 10.1. The average molecular weight is 311 g/mol. The predicted molar refractivity (Wildman–Crippen MR) is 90.2 cm³/mol.